The Morgan fingerprint density at radius 2 is 1.75 bits per heavy atom. The molecule has 0 aromatic heterocycles. The molecule has 16 heavy (non-hydrogen) atoms. The van der Waals surface area contributed by atoms with Crippen molar-refractivity contribution in [3.63, 3.8) is 0 Å². The lowest BCUT2D eigenvalue weighted by atomic mass is 10.2. The third-order valence-electron chi connectivity index (χ3n) is 3.55. The Hall–Kier alpha value is -0.380. The van der Waals surface area contributed by atoms with Gasteiger partial charge in [0.25, 0.3) is 0 Å². The van der Waals surface area contributed by atoms with Gasteiger partial charge in [-0.05, 0) is 25.7 Å². The predicted molar refractivity (Wildman–Crippen MR) is 65.7 cm³/mol. The highest BCUT2D eigenvalue weighted by Gasteiger charge is 2.38. The van der Waals surface area contributed by atoms with Gasteiger partial charge in [0.1, 0.15) is 5.75 Å². The first-order valence-corrected chi connectivity index (χ1v) is 7.87. The van der Waals surface area contributed by atoms with E-state index >= 15 is 0 Å². The molecule has 0 N–H and O–H groups in total. The number of carbonyl (C=O) groups excluding carboxylic acids is 1. The van der Waals surface area contributed by atoms with E-state index in [4.69, 9.17) is 0 Å². The van der Waals surface area contributed by atoms with Gasteiger partial charge in [0.05, 0.1) is 0 Å². The van der Waals surface area contributed by atoms with Crippen molar-refractivity contribution in [1.29, 1.82) is 0 Å². The van der Waals surface area contributed by atoms with Crippen LogP contribution in [0.3, 0.4) is 0 Å². The van der Waals surface area contributed by atoms with Gasteiger partial charge in [-0.25, -0.2) is 0 Å². The fourth-order valence-electron chi connectivity index (χ4n) is 2.55. The lowest BCUT2D eigenvalue weighted by molar-refractivity contribution is -0.131. The smallest absolute Gasteiger partial charge is 0.235 e. The zero-order valence-corrected chi connectivity index (χ0v) is 10.8. The third kappa shape index (κ3) is 2.84. The fourth-order valence-corrected chi connectivity index (χ4v) is 3.18. The summed E-state index contributed by atoms with van der Waals surface area (Å²) >= 11 is 0. The molecule has 0 aromatic carbocycles. The van der Waals surface area contributed by atoms with Crippen LogP contribution < -0.4 is 0 Å². The molecule has 0 bridgehead atoms. The van der Waals surface area contributed by atoms with Crippen molar-refractivity contribution >= 4 is 16.7 Å². The van der Waals surface area contributed by atoms with Crippen molar-refractivity contribution in [3.05, 3.63) is 0 Å². The first-order valence-electron chi connectivity index (χ1n) is 6.38. The summed E-state index contributed by atoms with van der Waals surface area (Å²) in [6, 6.07) is 0.929. The van der Waals surface area contributed by atoms with Crippen LogP contribution in [0.2, 0.25) is 0 Å². The average molecular weight is 243 g/mol. The summed E-state index contributed by atoms with van der Waals surface area (Å²) in [5.74, 6) is 0.966. The molecule has 2 aliphatic rings. The van der Waals surface area contributed by atoms with E-state index in [-0.39, 0.29) is 11.7 Å². The van der Waals surface area contributed by atoms with Gasteiger partial charge in [-0.15, -0.1) is 0 Å². The summed E-state index contributed by atoms with van der Waals surface area (Å²) in [6.07, 6.45) is 7.11. The Bertz CT molecular complexity index is 283. The van der Waals surface area contributed by atoms with Gasteiger partial charge < -0.3 is 4.90 Å². The summed E-state index contributed by atoms with van der Waals surface area (Å²) in [5.41, 5.74) is 0. The molecule has 0 saturated heterocycles. The summed E-state index contributed by atoms with van der Waals surface area (Å²) in [7, 11) is -0.958. The van der Waals surface area contributed by atoms with Crippen molar-refractivity contribution in [3.8, 4) is 0 Å². The first kappa shape index (κ1) is 12.1. The third-order valence-corrected chi connectivity index (χ3v) is 4.77. The second-order valence-corrected chi connectivity index (χ2v) is 6.59. The molecule has 1 atom stereocenters. The average Bonchev–Trinajstić information content (AvgIpc) is 2.93. The van der Waals surface area contributed by atoms with E-state index in [0.29, 0.717) is 17.8 Å². The number of hydrogen-bond acceptors (Lipinski definition) is 2. The Morgan fingerprint density at radius 3 is 2.25 bits per heavy atom. The molecule has 2 saturated carbocycles. The fraction of sp³-hybridized carbons (Fsp3) is 0.917. The van der Waals surface area contributed by atoms with Gasteiger partial charge in [0.2, 0.25) is 5.91 Å². The Labute approximate surface area is 100 Å². The van der Waals surface area contributed by atoms with Crippen LogP contribution in [0.15, 0.2) is 0 Å². The van der Waals surface area contributed by atoms with Gasteiger partial charge >= 0.3 is 0 Å². The maximum absolute atomic E-state index is 12.1. The van der Waals surface area contributed by atoms with Crippen molar-refractivity contribution in [2.75, 3.05) is 11.5 Å². The lowest BCUT2D eigenvalue weighted by Crippen LogP contribution is -2.43. The van der Waals surface area contributed by atoms with Crippen LogP contribution in [0.4, 0.5) is 0 Å². The normalized spacial score (nSPS) is 23.3. The van der Waals surface area contributed by atoms with E-state index in [9.17, 15) is 9.00 Å². The molecular formula is C12H21NO2S. The predicted octanol–water partition coefficient (Wildman–Crippen LogP) is 1.69. The van der Waals surface area contributed by atoms with E-state index in [2.05, 4.69) is 4.90 Å². The van der Waals surface area contributed by atoms with Gasteiger partial charge in [-0.1, -0.05) is 19.8 Å². The summed E-state index contributed by atoms with van der Waals surface area (Å²) in [4.78, 5) is 14.2. The van der Waals surface area contributed by atoms with Crippen molar-refractivity contribution < 1.29 is 9.00 Å². The topological polar surface area (TPSA) is 37.4 Å². The highest BCUT2D eigenvalue weighted by Crippen LogP contribution is 2.34. The van der Waals surface area contributed by atoms with Gasteiger partial charge in [-0.3, -0.25) is 9.00 Å². The molecule has 4 heteroatoms. The van der Waals surface area contributed by atoms with E-state index in [1.165, 1.54) is 12.8 Å². The van der Waals surface area contributed by atoms with Crippen LogP contribution in [0.25, 0.3) is 0 Å². The van der Waals surface area contributed by atoms with Crippen LogP contribution in [-0.2, 0) is 15.6 Å². The SMILES string of the molecule is CCS(=O)CC(=O)N(C1CCCC1)C1CC1. The zero-order valence-electron chi connectivity index (χ0n) is 9.98. The molecule has 1 amide bonds. The Morgan fingerprint density at radius 1 is 1.19 bits per heavy atom. The standard InChI is InChI=1S/C12H21NO2S/c1-2-16(15)9-12(14)13(11-7-8-11)10-5-3-4-6-10/h10-11H,2-9H2,1H3. The number of carbonyl (C=O) groups is 1. The Kier molecular flexibility index (Phi) is 4.00. The molecule has 2 rings (SSSR count). The molecule has 0 heterocycles. The van der Waals surface area contributed by atoms with Crippen molar-refractivity contribution in [1.82, 2.24) is 4.90 Å². The summed E-state index contributed by atoms with van der Waals surface area (Å²) < 4.78 is 11.4. The van der Waals surface area contributed by atoms with Gasteiger partial charge in [0.15, 0.2) is 0 Å². The number of nitrogens with zero attached hydrogens (tertiary/aromatic N) is 1. The van der Waals surface area contributed by atoms with E-state index in [1.807, 2.05) is 6.92 Å². The Balaban J connectivity index is 1.95. The summed E-state index contributed by atoms with van der Waals surface area (Å²) in [5, 5.41) is 0. The molecule has 0 aliphatic heterocycles. The van der Waals surface area contributed by atoms with Crippen molar-refractivity contribution in [2.45, 2.75) is 57.5 Å². The number of amides is 1. The lowest BCUT2D eigenvalue weighted by Gasteiger charge is -2.29. The molecule has 0 spiro atoms. The van der Waals surface area contributed by atoms with Crippen LogP contribution in [-0.4, -0.2) is 38.6 Å². The second-order valence-electron chi connectivity index (χ2n) is 4.84. The minimum absolute atomic E-state index is 0.134. The molecule has 0 aromatic rings. The van der Waals surface area contributed by atoms with E-state index in [0.717, 1.165) is 25.7 Å². The van der Waals surface area contributed by atoms with Crippen molar-refractivity contribution in [2.24, 2.45) is 0 Å². The highest BCUT2D eigenvalue weighted by molar-refractivity contribution is 7.85. The van der Waals surface area contributed by atoms with Crippen LogP contribution in [0.1, 0.15) is 45.4 Å². The van der Waals surface area contributed by atoms with E-state index in [1.54, 1.807) is 0 Å². The first-order chi connectivity index (χ1) is 7.72. The monoisotopic (exact) mass is 243 g/mol. The van der Waals surface area contributed by atoms with E-state index < -0.39 is 10.8 Å². The molecule has 2 fully saturated rings. The number of hydrogen-bond donors (Lipinski definition) is 0. The minimum Gasteiger partial charge on any atom is -0.336 e. The van der Waals surface area contributed by atoms with Crippen LogP contribution >= 0.6 is 0 Å². The summed E-state index contributed by atoms with van der Waals surface area (Å²) in [6.45, 7) is 1.88. The molecular weight excluding hydrogens is 222 g/mol. The minimum atomic E-state index is -0.958. The zero-order chi connectivity index (χ0) is 11.5. The largest absolute Gasteiger partial charge is 0.336 e. The quantitative estimate of drug-likeness (QED) is 0.737. The molecule has 92 valence electrons. The molecule has 2 aliphatic carbocycles. The maximum atomic E-state index is 12.1. The number of rotatable bonds is 5. The van der Waals surface area contributed by atoms with Crippen LogP contribution in [0.5, 0.6) is 0 Å². The maximum Gasteiger partial charge on any atom is 0.235 e. The van der Waals surface area contributed by atoms with Gasteiger partial charge in [-0.2, -0.15) is 0 Å². The second kappa shape index (κ2) is 5.30. The molecule has 3 nitrogen and oxygen atoms in total. The van der Waals surface area contributed by atoms with Gasteiger partial charge in [0, 0.05) is 28.6 Å². The molecule has 0 radical (unpaired) electrons. The molecule has 1 unspecified atom stereocenters. The van der Waals surface area contributed by atoms with Crippen LogP contribution in [0, 0.1) is 0 Å². The highest BCUT2D eigenvalue weighted by atomic mass is 32.2.